The van der Waals surface area contributed by atoms with E-state index in [1.165, 1.54) is 6.42 Å². The van der Waals surface area contributed by atoms with Gasteiger partial charge in [-0.1, -0.05) is 31.5 Å². The first-order valence-corrected chi connectivity index (χ1v) is 6.24. The molecular weight excluding hydrogens is 214 g/mol. The Bertz CT molecular complexity index is 322. The van der Waals surface area contributed by atoms with E-state index in [-0.39, 0.29) is 6.04 Å². The number of hydrogen-bond acceptors (Lipinski definition) is 3. The molecule has 0 radical (unpaired) electrons. The fourth-order valence-corrected chi connectivity index (χ4v) is 1.87. The molecule has 2 rings (SSSR count). The molecule has 94 valence electrons. The quantitative estimate of drug-likeness (QED) is 0.828. The Morgan fingerprint density at radius 2 is 2.00 bits per heavy atom. The second-order valence-electron chi connectivity index (χ2n) is 4.16. The van der Waals surface area contributed by atoms with Crippen LogP contribution in [-0.2, 0) is 4.79 Å². The lowest BCUT2D eigenvalue weighted by atomic mass is 9.94. The molecule has 0 spiro atoms. The van der Waals surface area contributed by atoms with E-state index >= 15 is 0 Å². The number of Topliss-reactive ketones (excluding diaryl/α,β-unsaturated/α-hetero) is 1. The van der Waals surface area contributed by atoms with Crippen LogP contribution in [0.15, 0.2) is 30.3 Å². The maximum absolute atomic E-state index is 11.1. The van der Waals surface area contributed by atoms with Crippen molar-refractivity contribution in [3.63, 3.8) is 0 Å². The minimum absolute atomic E-state index is 0.179. The largest absolute Gasteiger partial charge is 0.508 e. The molecule has 0 bridgehead atoms. The minimum atomic E-state index is 0.179. The summed E-state index contributed by atoms with van der Waals surface area (Å²) < 4.78 is 0. The minimum Gasteiger partial charge on any atom is -0.508 e. The van der Waals surface area contributed by atoms with Gasteiger partial charge in [-0.05, 0) is 31.5 Å². The fourth-order valence-electron chi connectivity index (χ4n) is 1.87. The van der Waals surface area contributed by atoms with Gasteiger partial charge >= 0.3 is 0 Å². The Morgan fingerprint density at radius 3 is 2.47 bits per heavy atom. The summed E-state index contributed by atoms with van der Waals surface area (Å²) >= 11 is 0. The highest BCUT2D eigenvalue weighted by atomic mass is 16.3. The van der Waals surface area contributed by atoms with Crippen molar-refractivity contribution in [2.45, 2.75) is 38.6 Å². The summed E-state index contributed by atoms with van der Waals surface area (Å²) in [5.41, 5.74) is 0. The molecule has 1 saturated carbocycles. The van der Waals surface area contributed by atoms with E-state index in [0.29, 0.717) is 11.5 Å². The van der Waals surface area contributed by atoms with Gasteiger partial charge in [0.25, 0.3) is 0 Å². The van der Waals surface area contributed by atoms with Crippen LogP contribution in [0.25, 0.3) is 0 Å². The molecular formula is C14H21NO2. The number of para-hydroxylation sites is 1. The van der Waals surface area contributed by atoms with Crippen molar-refractivity contribution in [2.24, 2.45) is 0 Å². The van der Waals surface area contributed by atoms with Crippen LogP contribution in [0.2, 0.25) is 0 Å². The van der Waals surface area contributed by atoms with Crippen LogP contribution in [0, 0.1) is 0 Å². The molecule has 0 saturated heterocycles. The Morgan fingerprint density at radius 1 is 1.29 bits per heavy atom. The molecule has 1 atom stereocenters. The van der Waals surface area contributed by atoms with Crippen molar-refractivity contribution >= 4 is 5.78 Å². The molecule has 1 aliphatic rings. The highest BCUT2D eigenvalue weighted by molar-refractivity contribution is 5.84. The molecule has 2 N–H and O–H groups in total. The van der Waals surface area contributed by atoms with Gasteiger partial charge in [0, 0.05) is 6.42 Å². The molecule has 3 nitrogen and oxygen atoms in total. The third kappa shape index (κ3) is 5.50. The van der Waals surface area contributed by atoms with Gasteiger partial charge in [-0.25, -0.2) is 0 Å². The number of phenolic OH excluding ortho intramolecular Hbond substituents is 1. The number of likely N-dealkylation sites (N-methyl/N-ethyl adjacent to an activating group) is 1. The average Bonchev–Trinajstić information content (AvgIpc) is 2.34. The number of phenols is 1. The monoisotopic (exact) mass is 235 g/mol. The van der Waals surface area contributed by atoms with Crippen LogP contribution in [-0.4, -0.2) is 23.5 Å². The summed E-state index contributed by atoms with van der Waals surface area (Å²) in [6.45, 7) is 2.96. The van der Waals surface area contributed by atoms with Crippen molar-refractivity contribution in [3.8, 4) is 5.75 Å². The van der Waals surface area contributed by atoms with E-state index in [2.05, 4.69) is 5.32 Å². The van der Waals surface area contributed by atoms with Crippen LogP contribution in [0.3, 0.4) is 0 Å². The SMILES string of the molecule is CCNC1CCCCC1=O.Oc1ccccc1. The van der Waals surface area contributed by atoms with Crippen LogP contribution >= 0.6 is 0 Å². The van der Waals surface area contributed by atoms with Crippen LogP contribution in [0.5, 0.6) is 5.75 Å². The van der Waals surface area contributed by atoms with E-state index in [4.69, 9.17) is 5.11 Å². The summed E-state index contributed by atoms with van der Waals surface area (Å²) in [6, 6.07) is 8.89. The van der Waals surface area contributed by atoms with Crippen molar-refractivity contribution in [1.29, 1.82) is 0 Å². The lowest BCUT2D eigenvalue weighted by Gasteiger charge is -2.20. The summed E-state index contributed by atoms with van der Waals surface area (Å²) in [5, 5.41) is 11.8. The first kappa shape index (κ1) is 13.7. The summed E-state index contributed by atoms with van der Waals surface area (Å²) in [7, 11) is 0. The highest BCUT2D eigenvalue weighted by Crippen LogP contribution is 2.13. The second kappa shape index (κ2) is 7.85. The first-order valence-electron chi connectivity index (χ1n) is 6.24. The van der Waals surface area contributed by atoms with E-state index in [1.54, 1.807) is 24.3 Å². The smallest absolute Gasteiger partial charge is 0.149 e. The van der Waals surface area contributed by atoms with E-state index in [9.17, 15) is 4.79 Å². The van der Waals surface area contributed by atoms with Crippen molar-refractivity contribution in [2.75, 3.05) is 6.54 Å². The molecule has 0 aliphatic heterocycles. The zero-order valence-corrected chi connectivity index (χ0v) is 10.4. The van der Waals surface area contributed by atoms with Gasteiger partial charge in [0.1, 0.15) is 11.5 Å². The van der Waals surface area contributed by atoms with Crippen LogP contribution in [0.1, 0.15) is 32.6 Å². The number of carbonyl (C=O) groups is 1. The highest BCUT2D eigenvalue weighted by Gasteiger charge is 2.20. The first-order chi connectivity index (χ1) is 8.24. The van der Waals surface area contributed by atoms with Gasteiger partial charge in [0.15, 0.2) is 0 Å². The number of hydrogen-bond donors (Lipinski definition) is 2. The summed E-state index contributed by atoms with van der Waals surface area (Å²) in [4.78, 5) is 11.1. The van der Waals surface area contributed by atoms with Crippen molar-refractivity contribution in [1.82, 2.24) is 5.32 Å². The lowest BCUT2D eigenvalue weighted by Crippen LogP contribution is -2.38. The predicted octanol–water partition coefficient (Wildman–Crippen LogP) is 2.50. The molecule has 0 heterocycles. The molecule has 0 aromatic heterocycles. The maximum Gasteiger partial charge on any atom is 0.149 e. The zero-order valence-electron chi connectivity index (χ0n) is 10.4. The number of rotatable bonds is 2. The summed E-state index contributed by atoms with van der Waals surface area (Å²) in [6.07, 6.45) is 4.15. The van der Waals surface area contributed by atoms with Crippen molar-refractivity contribution in [3.05, 3.63) is 30.3 Å². The average molecular weight is 235 g/mol. The number of benzene rings is 1. The lowest BCUT2D eigenvalue weighted by molar-refractivity contribution is -0.122. The molecule has 1 aromatic rings. The number of carbonyl (C=O) groups excluding carboxylic acids is 1. The van der Waals surface area contributed by atoms with Crippen LogP contribution in [0.4, 0.5) is 0 Å². The molecule has 17 heavy (non-hydrogen) atoms. The predicted molar refractivity (Wildman–Crippen MR) is 69.0 cm³/mol. The molecule has 1 aromatic carbocycles. The van der Waals surface area contributed by atoms with E-state index < -0.39 is 0 Å². The Kier molecular flexibility index (Phi) is 6.33. The van der Waals surface area contributed by atoms with Gasteiger partial charge in [0.2, 0.25) is 0 Å². The number of nitrogens with one attached hydrogen (secondary N) is 1. The van der Waals surface area contributed by atoms with Gasteiger partial charge in [-0.15, -0.1) is 0 Å². The standard InChI is InChI=1S/C8H15NO.C6H6O/c1-2-9-7-5-3-4-6-8(7)10;7-6-4-2-1-3-5-6/h7,9H,2-6H2,1H3;1-5,7H. The van der Waals surface area contributed by atoms with Crippen LogP contribution < -0.4 is 5.32 Å². The molecule has 0 amide bonds. The molecule has 1 fully saturated rings. The third-order valence-corrected chi connectivity index (χ3v) is 2.76. The Balaban J connectivity index is 0.000000181. The van der Waals surface area contributed by atoms with Gasteiger partial charge in [0.05, 0.1) is 6.04 Å². The van der Waals surface area contributed by atoms with Gasteiger partial charge in [-0.3, -0.25) is 4.79 Å². The normalized spacial score (nSPS) is 19.4. The maximum atomic E-state index is 11.1. The summed E-state index contributed by atoms with van der Waals surface area (Å²) in [5.74, 6) is 0.732. The number of aromatic hydroxyl groups is 1. The third-order valence-electron chi connectivity index (χ3n) is 2.76. The number of ketones is 1. The van der Waals surface area contributed by atoms with E-state index in [0.717, 1.165) is 25.8 Å². The topological polar surface area (TPSA) is 49.3 Å². The second-order valence-corrected chi connectivity index (χ2v) is 4.16. The zero-order chi connectivity index (χ0) is 12.5. The Labute approximate surface area is 103 Å². The van der Waals surface area contributed by atoms with Gasteiger partial charge < -0.3 is 10.4 Å². The molecule has 1 aliphatic carbocycles. The Hall–Kier alpha value is -1.35. The fraction of sp³-hybridized carbons (Fsp3) is 0.500. The molecule has 1 unspecified atom stereocenters. The van der Waals surface area contributed by atoms with Gasteiger partial charge in [-0.2, -0.15) is 0 Å². The van der Waals surface area contributed by atoms with Crippen molar-refractivity contribution < 1.29 is 9.90 Å². The molecule has 3 heteroatoms. The van der Waals surface area contributed by atoms with E-state index in [1.807, 2.05) is 13.0 Å².